The van der Waals surface area contributed by atoms with Crippen LogP contribution in [0.25, 0.3) is 11.1 Å². The molecule has 1 saturated carbocycles. The van der Waals surface area contributed by atoms with Crippen molar-refractivity contribution >= 4 is 5.91 Å². The smallest absolute Gasteiger partial charge is 0.251 e. The molecule has 30 heavy (non-hydrogen) atoms. The molecule has 2 aromatic heterocycles. The van der Waals surface area contributed by atoms with Gasteiger partial charge < -0.3 is 10.1 Å². The lowest BCUT2D eigenvalue weighted by Crippen LogP contribution is -2.31. The maximum Gasteiger partial charge on any atom is 0.251 e. The van der Waals surface area contributed by atoms with Gasteiger partial charge in [-0.1, -0.05) is 6.07 Å². The first-order chi connectivity index (χ1) is 14.7. The van der Waals surface area contributed by atoms with Gasteiger partial charge in [-0.15, -0.1) is 0 Å². The number of amides is 1. The van der Waals surface area contributed by atoms with Gasteiger partial charge in [-0.3, -0.25) is 14.9 Å². The van der Waals surface area contributed by atoms with Crippen molar-refractivity contribution in [1.82, 2.24) is 20.5 Å². The summed E-state index contributed by atoms with van der Waals surface area (Å²) in [6.45, 7) is 2.79. The fourth-order valence-corrected chi connectivity index (χ4v) is 4.36. The number of H-pyrrole nitrogens is 1. The number of methoxy groups -OCH3 is 1. The van der Waals surface area contributed by atoms with Crippen LogP contribution in [0.1, 0.15) is 53.2 Å². The molecule has 4 rings (SSSR count). The van der Waals surface area contributed by atoms with Gasteiger partial charge in [-0.2, -0.15) is 5.10 Å². The van der Waals surface area contributed by atoms with Crippen LogP contribution in [0.2, 0.25) is 0 Å². The highest BCUT2D eigenvalue weighted by Crippen LogP contribution is 2.39. The van der Waals surface area contributed by atoms with Crippen molar-refractivity contribution in [2.24, 2.45) is 5.92 Å². The van der Waals surface area contributed by atoms with Crippen LogP contribution in [-0.2, 0) is 0 Å². The Kier molecular flexibility index (Phi) is 6.12. The summed E-state index contributed by atoms with van der Waals surface area (Å²) in [5.74, 6) is 1.63. The Bertz CT molecular complexity index is 1010. The number of ether oxygens (including phenoxy) is 1. The van der Waals surface area contributed by atoms with Crippen LogP contribution in [0, 0.1) is 12.8 Å². The zero-order valence-electron chi connectivity index (χ0n) is 17.5. The zero-order chi connectivity index (χ0) is 20.9. The molecule has 0 atom stereocenters. The number of aromatic nitrogens is 3. The van der Waals surface area contributed by atoms with Gasteiger partial charge in [0.1, 0.15) is 5.75 Å². The summed E-state index contributed by atoms with van der Waals surface area (Å²) in [7, 11) is 1.61. The van der Waals surface area contributed by atoms with Gasteiger partial charge >= 0.3 is 0 Å². The number of nitrogens with zero attached hydrogens (tertiary/aromatic N) is 2. The minimum atomic E-state index is -0.0416. The molecule has 2 N–H and O–H groups in total. The number of pyridine rings is 1. The van der Waals surface area contributed by atoms with E-state index >= 15 is 0 Å². The molecular formula is C24H28N4O2. The van der Waals surface area contributed by atoms with E-state index < -0.39 is 0 Å². The summed E-state index contributed by atoms with van der Waals surface area (Å²) in [6, 6.07) is 9.33. The number of carbonyl (C=O) groups excluding carboxylic acids is 1. The maximum absolute atomic E-state index is 12.5. The Balaban J connectivity index is 1.33. The SMILES string of the molecule is COc1cccc(C(=O)NCC2CCC(c3[nH]ncc3-c3ccncc3C)CC2)c1. The minimum Gasteiger partial charge on any atom is -0.497 e. The van der Waals surface area contributed by atoms with Gasteiger partial charge in [-0.25, -0.2) is 0 Å². The van der Waals surface area contributed by atoms with Crippen LogP contribution in [0.3, 0.4) is 0 Å². The standard InChI is InChI=1S/C24H28N4O2/c1-16-13-25-11-10-21(16)22-15-27-28-23(22)18-8-6-17(7-9-18)14-26-24(29)19-4-3-5-20(12-19)30-2/h3-5,10-13,15,17-18H,6-9,14H2,1-2H3,(H,26,29)(H,27,28). The monoisotopic (exact) mass is 404 g/mol. The molecule has 0 radical (unpaired) electrons. The predicted octanol–water partition coefficient (Wildman–Crippen LogP) is 4.49. The van der Waals surface area contributed by atoms with Gasteiger partial charge in [0, 0.05) is 41.7 Å². The Morgan fingerprint density at radius 1 is 1.17 bits per heavy atom. The lowest BCUT2D eigenvalue weighted by Gasteiger charge is -2.28. The first-order valence-corrected chi connectivity index (χ1v) is 10.5. The molecule has 0 bridgehead atoms. The normalized spacial score (nSPS) is 18.7. The van der Waals surface area contributed by atoms with E-state index in [0.717, 1.165) is 31.2 Å². The molecule has 6 nitrogen and oxygen atoms in total. The number of hydrogen-bond donors (Lipinski definition) is 2. The molecule has 1 fully saturated rings. The van der Waals surface area contributed by atoms with E-state index in [1.807, 2.05) is 36.8 Å². The molecule has 6 heteroatoms. The van der Waals surface area contributed by atoms with E-state index in [0.29, 0.717) is 29.7 Å². The molecule has 1 aromatic carbocycles. The number of aryl methyl sites for hydroxylation is 1. The van der Waals surface area contributed by atoms with Crippen LogP contribution in [0.5, 0.6) is 5.75 Å². The fourth-order valence-electron chi connectivity index (χ4n) is 4.36. The second kappa shape index (κ2) is 9.11. The number of nitrogens with one attached hydrogen (secondary N) is 2. The zero-order valence-corrected chi connectivity index (χ0v) is 17.5. The quantitative estimate of drug-likeness (QED) is 0.634. The van der Waals surface area contributed by atoms with Gasteiger partial charge in [0.15, 0.2) is 0 Å². The molecule has 1 amide bonds. The number of rotatable bonds is 6. The van der Waals surface area contributed by atoms with E-state index in [9.17, 15) is 4.79 Å². The highest BCUT2D eigenvalue weighted by atomic mass is 16.5. The predicted molar refractivity (Wildman–Crippen MR) is 117 cm³/mol. The topological polar surface area (TPSA) is 79.9 Å². The third kappa shape index (κ3) is 4.37. The Morgan fingerprint density at radius 2 is 2.00 bits per heavy atom. The Morgan fingerprint density at radius 3 is 2.77 bits per heavy atom. The second-order valence-electron chi connectivity index (χ2n) is 8.05. The summed E-state index contributed by atoms with van der Waals surface area (Å²) in [5, 5.41) is 10.7. The number of benzene rings is 1. The third-order valence-electron chi connectivity index (χ3n) is 6.12. The van der Waals surface area contributed by atoms with Crippen molar-refractivity contribution in [2.45, 2.75) is 38.5 Å². The van der Waals surface area contributed by atoms with Crippen molar-refractivity contribution in [2.75, 3.05) is 13.7 Å². The Hall–Kier alpha value is -3.15. The fraction of sp³-hybridized carbons (Fsp3) is 0.375. The molecule has 2 heterocycles. The molecule has 3 aromatic rings. The average Bonchev–Trinajstić information content (AvgIpc) is 3.28. The lowest BCUT2D eigenvalue weighted by atomic mass is 9.79. The van der Waals surface area contributed by atoms with Gasteiger partial charge in [-0.05, 0) is 73.9 Å². The molecule has 0 spiro atoms. The van der Waals surface area contributed by atoms with Crippen LogP contribution < -0.4 is 10.1 Å². The highest BCUT2D eigenvalue weighted by molar-refractivity contribution is 5.94. The first-order valence-electron chi connectivity index (χ1n) is 10.5. The highest BCUT2D eigenvalue weighted by Gasteiger charge is 2.26. The van der Waals surface area contributed by atoms with Crippen LogP contribution in [0.4, 0.5) is 0 Å². The van der Waals surface area contributed by atoms with Gasteiger partial charge in [0.05, 0.1) is 13.3 Å². The minimum absolute atomic E-state index is 0.0416. The van der Waals surface area contributed by atoms with Crippen LogP contribution in [-0.4, -0.2) is 34.7 Å². The average molecular weight is 405 g/mol. The Labute approximate surface area is 177 Å². The lowest BCUT2D eigenvalue weighted by molar-refractivity contribution is 0.0942. The van der Waals surface area contributed by atoms with E-state index in [2.05, 4.69) is 33.5 Å². The first kappa shape index (κ1) is 20.1. The van der Waals surface area contributed by atoms with Crippen molar-refractivity contribution in [1.29, 1.82) is 0 Å². The number of carbonyl (C=O) groups is 1. The van der Waals surface area contributed by atoms with E-state index in [1.54, 1.807) is 13.2 Å². The van der Waals surface area contributed by atoms with Crippen LogP contribution in [0.15, 0.2) is 48.9 Å². The summed E-state index contributed by atoms with van der Waals surface area (Å²) in [5.41, 5.74) is 5.40. The summed E-state index contributed by atoms with van der Waals surface area (Å²) in [4.78, 5) is 16.7. The van der Waals surface area contributed by atoms with Crippen molar-refractivity contribution < 1.29 is 9.53 Å². The van der Waals surface area contributed by atoms with Gasteiger partial charge in [0.25, 0.3) is 5.91 Å². The van der Waals surface area contributed by atoms with Crippen molar-refractivity contribution in [3.63, 3.8) is 0 Å². The molecule has 0 aliphatic heterocycles. The summed E-state index contributed by atoms with van der Waals surface area (Å²) >= 11 is 0. The molecular weight excluding hydrogens is 376 g/mol. The number of hydrogen-bond acceptors (Lipinski definition) is 4. The largest absolute Gasteiger partial charge is 0.497 e. The molecule has 156 valence electrons. The maximum atomic E-state index is 12.5. The molecule has 1 aliphatic carbocycles. The van der Waals surface area contributed by atoms with E-state index in [-0.39, 0.29) is 5.91 Å². The molecule has 0 saturated heterocycles. The third-order valence-corrected chi connectivity index (χ3v) is 6.12. The second-order valence-corrected chi connectivity index (χ2v) is 8.05. The molecule has 1 aliphatic rings. The summed E-state index contributed by atoms with van der Waals surface area (Å²) in [6.07, 6.45) is 10.0. The number of aromatic amines is 1. The van der Waals surface area contributed by atoms with E-state index in [1.165, 1.54) is 16.8 Å². The van der Waals surface area contributed by atoms with Crippen LogP contribution >= 0.6 is 0 Å². The molecule has 0 unspecified atom stereocenters. The van der Waals surface area contributed by atoms with Crippen molar-refractivity contribution in [3.05, 3.63) is 65.7 Å². The summed E-state index contributed by atoms with van der Waals surface area (Å²) < 4.78 is 5.20. The van der Waals surface area contributed by atoms with Crippen molar-refractivity contribution in [3.8, 4) is 16.9 Å². The van der Waals surface area contributed by atoms with Gasteiger partial charge in [0.2, 0.25) is 0 Å². The van der Waals surface area contributed by atoms with E-state index in [4.69, 9.17) is 4.74 Å².